The van der Waals surface area contributed by atoms with Crippen molar-refractivity contribution in [3.63, 3.8) is 0 Å². The molecule has 8 heteroatoms. The molecule has 0 aliphatic carbocycles. The van der Waals surface area contributed by atoms with Gasteiger partial charge in [-0.25, -0.2) is 13.1 Å². The minimum absolute atomic E-state index is 0.0326. The summed E-state index contributed by atoms with van der Waals surface area (Å²) in [6.45, 7) is 7.55. The van der Waals surface area contributed by atoms with Crippen LogP contribution in [-0.4, -0.2) is 25.4 Å². The average molecular weight is 391 g/mol. The summed E-state index contributed by atoms with van der Waals surface area (Å²) in [4.78, 5) is 10.3. The maximum atomic E-state index is 12.7. The first-order chi connectivity index (χ1) is 12.5. The van der Waals surface area contributed by atoms with Crippen LogP contribution in [0.2, 0.25) is 0 Å². The summed E-state index contributed by atoms with van der Waals surface area (Å²) in [7, 11) is -3.88. The van der Waals surface area contributed by atoms with Gasteiger partial charge in [0, 0.05) is 30.3 Å². The standard InChI is InChI=1S/C19H25N3O4S/c1-14-10-11-17(22(23)24)12-18(14)27(25,26)20-13-19(3,4)21-15(2)16-8-6-5-7-9-16/h5-12,15,20-21H,13H2,1-4H3. The first kappa shape index (κ1) is 21.0. The van der Waals surface area contributed by atoms with Crippen molar-refractivity contribution in [2.24, 2.45) is 0 Å². The van der Waals surface area contributed by atoms with Crippen molar-refractivity contribution in [1.29, 1.82) is 0 Å². The maximum absolute atomic E-state index is 12.7. The molecular formula is C19H25N3O4S. The number of sulfonamides is 1. The summed E-state index contributed by atoms with van der Waals surface area (Å²) < 4.78 is 27.9. The molecule has 1 atom stereocenters. The van der Waals surface area contributed by atoms with Crippen LogP contribution in [0, 0.1) is 17.0 Å². The summed E-state index contributed by atoms with van der Waals surface area (Å²) in [6.07, 6.45) is 0. The van der Waals surface area contributed by atoms with Gasteiger partial charge in [-0.2, -0.15) is 0 Å². The van der Waals surface area contributed by atoms with Crippen molar-refractivity contribution in [1.82, 2.24) is 10.0 Å². The normalized spacial score (nSPS) is 13.3. The molecule has 0 amide bonds. The van der Waals surface area contributed by atoms with E-state index in [9.17, 15) is 18.5 Å². The molecule has 2 aromatic carbocycles. The lowest BCUT2D eigenvalue weighted by Gasteiger charge is -2.31. The molecule has 0 bridgehead atoms. The zero-order valence-electron chi connectivity index (χ0n) is 15.9. The van der Waals surface area contributed by atoms with Crippen molar-refractivity contribution in [3.05, 3.63) is 69.8 Å². The van der Waals surface area contributed by atoms with Crippen LogP contribution in [0.25, 0.3) is 0 Å². The van der Waals surface area contributed by atoms with Gasteiger partial charge in [-0.3, -0.25) is 10.1 Å². The van der Waals surface area contributed by atoms with Gasteiger partial charge < -0.3 is 5.32 Å². The van der Waals surface area contributed by atoms with Gasteiger partial charge in [-0.15, -0.1) is 0 Å². The molecule has 0 aliphatic rings. The molecule has 27 heavy (non-hydrogen) atoms. The number of benzene rings is 2. The summed E-state index contributed by atoms with van der Waals surface area (Å²) in [5, 5.41) is 14.4. The van der Waals surface area contributed by atoms with E-state index in [1.165, 1.54) is 12.1 Å². The molecule has 146 valence electrons. The summed E-state index contributed by atoms with van der Waals surface area (Å²) in [5.41, 5.74) is 0.771. The maximum Gasteiger partial charge on any atom is 0.270 e. The van der Waals surface area contributed by atoms with Crippen LogP contribution in [0.15, 0.2) is 53.4 Å². The minimum Gasteiger partial charge on any atom is -0.304 e. The molecule has 2 aromatic rings. The number of rotatable bonds is 8. The third kappa shape index (κ3) is 5.59. The number of nitro benzene ring substituents is 1. The molecule has 0 saturated carbocycles. The van der Waals surface area contributed by atoms with Gasteiger partial charge in [0.15, 0.2) is 0 Å². The third-order valence-corrected chi connectivity index (χ3v) is 5.83. The Kier molecular flexibility index (Phi) is 6.35. The first-order valence-electron chi connectivity index (χ1n) is 8.59. The predicted octanol–water partition coefficient (Wildman–Crippen LogP) is 3.31. The highest BCUT2D eigenvalue weighted by atomic mass is 32.2. The fraction of sp³-hybridized carbons (Fsp3) is 0.368. The highest BCUT2D eigenvalue weighted by Crippen LogP contribution is 2.22. The van der Waals surface area contributed by atoms with Gasteiger partial charge in [0.2, 0.25) is 10.0 Å². The van der Waals surface area contributed by atoms with Gasteiger partial charge >= 0.3 is 0 Å². The Morgan fingerprint density at radius 2 is 1.78 bits per heavy atom. The highest BCUT2D eigenvalue weighted by Gasteiger charge is 2.26. The molecular weight excluding hydrogens is 366 g/mol. The lowest BCUT2D eigenvalue weighted by molar-refractivity contribution is -0.385. The molecule has 0 aromatic heterocycles. The first-order valence-corrected chi connectivity index (χ1v) is 10.1. The van der Waals surface area contributed by atoms with E-state index in [0.29, 0.717) is 5.56 Å². The second-order valence-electron chi connectivity index (χ2n) is 7.19. The van der Waals surface area contributed by atoms with E-state index in [2.05, 4.69) is 10.0 Å². The van der Waals surface area contributed by atoms with E-state index in [1.54, 1.807) is 6.92 Å². The van der Waals surface area contributed by atoms with Crippen molar-refractivity contribution in [2.45, 2.75) is 44.2 Å². The Hall–Kier alpha value is -2.29. The third-order valence-electron chi connectivity index (χ3n) is 4.28. The van der Waals surface area contributed by atoms with Gasteiger partial charge in [0.25, 0.3) is 5.69 Å². The van der Waals surface area contributed by atoms with E-state index in [1.807, 2.05) is 51.1 Å². The Morgan fingerprint density at radius 1 is 1.15 bits per heavy atom. The Labute approximate surface area is 160 Å². The molecule has 0 aliphatic heterocycles. The number of non-ortho nitro benzene ring substituents is 1. The Balaban J connectivity index is 2.12. The van der Waals surface area contributed by atoms with E-state index in [-0.39, 0.29) is 23.2 Å². The monoisotopic (exact) mass is 391 g/mol. The molecule has 0 spiro atoms. The van der Waals surface area contributed by atoms with Gasteiger partial charge in [-0.1, -0.05) is 36.4 Å². The molecule has 7 nitrogen and oxygen atoms in total. The van der Waals surface area contributed by atoms with Gasteiger partial charge in [0.1, 0.15) is 0 Å². The molecule has 2 rings (SSSR count). The van der Waals surface area contributed by atoms with Crippen LogP contribution in [0.1, 0.15) is 37.9 Å². The Morgan fingerprint density at radius 3 is 2.37 bits per heavy atom. The SMILES string of the molecule is Cc1ccc([N+](=O)[O-])cc1S(=O)(=O)NCC(C)(C)NC(C)c1ccccc1. The zero-order valence-corrected chi connectivity index (χ0v) is 16.7. The quantitative estimate of drug-likeness (QED) is 0.531. The van der Waals surface area contributed by atoms with E-state index >= 15 is 0 Å². The van der Waals surface area contributed by atoms with Crippen LogP contribution in [0.4, 0.5) is 5.69 Å². The molecule has 0 saturated heterocycles. The van der Waals surface area contributed by atoms with E-state index in [4.69, 9.17) is 0 Å². The van der Waals surface area contributed by atoms with Gasteiger partial charge in [-0.05, 0) is 38.8 Å². The fourth-order valence-electron chi connectivity index (χ4n) is 2.81. The number of aryl methyl sites for hydroxylation is 1. The van der Waals surface area contributed by atoms with E-state index < -0.39 is 20.5 Å². The Bertz CT molecular complexity index is 912. The smallest absolute Gasteiger partial charge is 0.270 e. The van der Waals surface area contributed by atoms with Crippen LogP contribution < -0.4 is 10.0 Å². The van der Waals surface area contributed by atoms with Crippen molar-refractivity contribution in [3.8, 4) is 0 Å². The molecule has 0 heterocycles. The van der Waals surface area contributed by atoms with Crippen molar-refractivity contribution >= 4 is 15.7 Å². The number of nitrogens with one attached hydrogen (secondary N) is 2. The number of nitrogens with zero attached hydrogens (tertiary/aromatic N) is 1. The number of nitro groups is 1. The lowest BCUT2D eigenvalue weighted by atomic mass is 10.0. The van der Waals surface area contributed by atoms with Crippen LogP contribution in [0.5, 0.6) is 0 Å². The average Bonchev–Trinajstić information content (AvgIpc) is 2.60. The largest absolute Gasteiger partial charge is 0.304 e. The predicted molar refractivity (Wildman–Crippen MR) is 105 cm³/mol. The molecule has 0 radical (unpaired) electrons. The van der Waals surface area contributed by atoms with Gasteiger partial charge in [0.05, 0.1) is 9.82 Å². The summed E-state index contributed by atoms with van der Waals surface area (Å²) in [5.74, 6) is 0. The molecule has 1 unspecified atom stereocenters. The van der Waals surface area contributed by atoms with Crippen molar-refractivity contribution < 1.29 is 13.3 Å². The van der Waals surface area contributed by atoms with Crippen LogP contribution in [0.3, 0.4) is 0 Å². The second kappa shape index (κ2) is 8.16. The minimum atomic E-state index is -3.88. The number of hydrogen-bond donors (Lipinski definition) is 2. The summed E-state index contributed by atoms with van der Waals surface area (Å²) in [6, 6.07) is 13.7. The highest BCUT2D eigenvalue weighted by molar-refractivity contribution is 7.89. The van der Waals surface area contributed by atoms with E-state index in [0.717, 1.165) is 11.6 Å². The van der Waals surface area contributed by atoms with Crippen molar-refractivity contribution in [2.75, 3.05) is 6.54 Å². The van der Waals surface area contributed by atoms with Crippen LogP contribution in [-0.2, 0) is 10.0 Å². The zero-order chi connectivity index (χ0) is 20.2. The van der Waals surface area contributed by atoms with Crippen LogP contribution >= 0.6 is 0 Å². The second-order valence-corrected chi connectivity index (χ2v) is 8.93. The number of hydrogen-bond acceptors (Lipinski definition) is 5. The molecule has 2 N–H and O–H groups in total. The summed E-state index contributed by atoms with van der Waals surface area (Å²) >= 11 is 0. The lowest BCUT2D eigenvalue weighted by Crippen LogP contribution is -2.49. The fourth-order valence-corrected chi connectivity index (χ4v) is 4.28. The topological polar surface area (TPSA) is 101 Å². The molecule has 0 fully saturated rings.